The third-order valence-corrected chi connectivity index (χ3v) is 5.03. The summed E-state index contributed by atoms with van der Waals surface area (Å²) in [7, 11) is 0. The highest BCUT2D eigenvalue weighted by Gasteiger charge is 2.22. The summed E-state index contributed by atoms with van der Waals surface area (Å²) in [6, 6.07) is 9.48. The van der Waals surface area contributed by atoms with Crippen LogP contribution in [0.5, 0.6) is 0 Å². The molecule has 7 nitrogen and oxygen atoms in total. The van der Waals surface area contributed by atoms with E-state index in [-0.39, 0.29) is 11.9 Å². The van der Waals surface area contributed by atoms with Crippen LogP contribution in [0, 0.1) is 0 Å². The van der Waals surface area contributed by atoms with Crippen LogP contribution in [0.1, 0.15) is 18.5 Å². The summed E-state index contributed by atoms with van der Waals surface area (Å²) in [6.45, 7) is 1.76. The molecular formula is C15H16N6OS2. The number of thioether (sulfide) groups is 1. The molecule has 24 heavy (non-hydrogen) atoms. The predicted octanol–water partition coefficient (Wildman–Crippen LogP) is 2.81. The number of nitrogens with zero attached hydrogens (tertiary/aromatic N) is 4. The summed E-state index contributed by atoms with van der Waals surface area (Å²) >= 11 is 2.85. The number of nitrogen functional groups attached to an aromatic ring is 1. The lowest BCUT2D eigenvalue weighted by Crippen LogP contribution is -2.25. The molecule has 0 radical (unpaired) electrons. The Labute approximate surface area is 147 Å². The number of hydrogen-bond acceptors (Lipinski definition) is 7. The number of amides is 1. The van der Waals surface area contributed by atoms with Crippen LogP contribution in [0.25, 0.3) is 0 Å². The van der Waals surface area contributed by atoms with Crippen molar-refractivity contribution in [1.82, 2.24) is 19.7 Å². The number of carbonyl (C=O) groups is 1. The first-order valence-electron chi connectivity index (χ1n) is 7.22. The van der Waals surface area contributed by atoms with Crippen molar-refractivity contribution < 1.29 is 4.79 Å². The Bertz CT molecular complexity index is 803. The second-order valence-corrected chi connectivity index (χ2v) is 6.82. The SMILES string of the molecule is CC(C(=O)Nc1nccs1)n1c(N)nnc1SCc1ccccc1. The van der Waals surface area contributed by atoms with Crippen molar-refractivity contribution >= 4 is 40.1 Å². The molecule has 0 spiro atoms. The second kappa shape index (κ2) is 7.45. The number of nitrogens with two attached hydrogens (primary N) is 1. The van der Waals surface area contributed by atoms with Crippen molar-refractivity contribution in [1.29, 1.82) is 0 Å². The Kier molecular flexibility index (Phi) is 5.11. The van der Waals surface area contributed by atoms with Gasteiger partial charge in [0.2, 0.25) is 11.9 Å². The molecule has 3 N–H and O–H groups in total. The number of rotatable bonds is 6. The lowest BCUT2D eigenvalue weighted by molar-refractivity contribution is -0.118. The van der Waals surface area contributed by atoms with Crippen LogP contribution in [-0.2, 0) is 10.5 Å². The first-order valence-corrected chi connectivity index (χ1v) is 9.09. The summed E-state index contributed by atoms with van der Waals surface area (Å²) in [5.74, 6) is 0.727. The van der Waals surface area contributed by atoms with Crippen LogP contribution >= 0.6 is 23.1 Å². The largest absolute Gasteiger partial charge is 0.368 e. The molecule has 0 aliphatic rings. The fraction of sp³-hybridized carbons (Fsp3) is 0.200. The van der Waals surface area contributed by atoms with E-state index in [4.69, 9.17) is 5.73 Å². The van der Waals surface area contributed by atoms with Gasteiger partial charge in [-0.2, -0.15) is 0 Å². The minimum Gasteiger partial charge on any atom is -0.368 e. The Hall–Kier alpha value is -2.39. The molecule has 9 heteroatoms. The summed E-state index contributed by atoms with van der Waals surface area (Å²) in [4.78, 5) is 16.5. The molecule has 124 valence electrons. The van der Waals surface area contributed by atoms with Crippen molar-refractivity contribution in [2.45, 2.75) is 23.9 Å². The first-order chi connectivity index (χ1) is 11.6. The van der Waals surface area contributed by atoms with Gasteiger partial charge in [0.25, 0.3) is 0 Å². The average molecular weight is 360 g/mol. The van der Waals surface area contributed by atoms with E-state index in [0.717, 1.165) is 11.3 Å². The summed E-state index contributed by atoms with van der Waals surface area (Å²) < 4.78 is 1.64. The maximum absolute atomic E-state index is 12.4. The van der Waals surface area contributed by atoms with Crippen LogP contribution < -0.4 is 11.1 Å². The van der Waals surface area contributed by atoms with Gasteiger partial charge in [0.15, 0.2) is 10.3 Å². The Balaban J connectivity index is 1.72. The average Bonchev–Trinajstić information content (AvgIpc) is 3.23. The number of anilines is 2. The number of thiazole rings is 1. The maximum atomic E-state index is 12.4. The number of hydrogen-bond donors (Lipinski definition) is 2. The lowest BCUT2D eigenvalue weighted by Gasteiger charge is -2.15. The maximum Gasteiger partial charge on any atom is 0.249 e. The highest BCUT2D eigenvalue weighted by Crippen LogP contribution is 2.26. The highest BCUT2D eigenvalue weighted by atomic mass is 32.2. The number of nitrogens with one attached hydrogen (secondary N) is 1. The van der Waals surface area contributed by atoms with Crippen molar-refractivity contribution in [3.63, 3.8) is 0 Å². The Morgan fingerprint density at radius 3 is 2.88 bits per heavy atom. The van der Waals surface area contributed by atoms with Gasteiger partial charge in [-0.05, 0) is 12.5 Å². The molecule has 1 atom stereocenters. The number of benzene rings is 1. The summed E-state index contributed by atoms with van der Waals surface area (Å²) in [6.07, 6.45) is 1.64. The van der Waals surface area contributed by atoms with Crippen molar-refractivity contribution in [3.05, 3.63) is 47.5 Å². The third kappa shape index (κ3) is 3.74. The first kappa shape index (κ1) is 16.5. The van der Waals surface area contributed by atoms with Gasteiger partial charge in [0.1, 0.15) is 6.04 Å². The van der Waals surface area contributed by atoms with Crippen molar-refractivity contribution in [3.8, 4) is 0 Å². The quantitative estimate of drug-likeness (QED) is 0.656. The van der Waals surface area contributed by atoms with Gasteiger partial charge < -0.3 is 11.1 Å². The minimum atomic E-state index is -0.540. The van der Waals surface area contributed by atoms with E-state index in [0.29, 0.717) is 10.3 Å². The topological polar surface area (TPSA) is 98.7 Å². The second-order valence-electron chi connectivity index (χ2n) is 4.99. The molecular weight excluding hydrogens is 344 g/mol. The van der Waals surface area contributed by atoms with Gasteiger partial charge >= 0.3 is 0 Å². The van der Waals surface area contributed by atoms with Gasteiger partial charge in [0.05, 0.1) is 0 Å². The molecule has 3 rings (SSSR count). The van der Waals surface area contributed by atoms with E-state index >= 15 is 0 Å². The molecule has 0 bridgehead atoms. The molecule has 1 aromatic carbocycles. The van der Waals surface area contributed by atoms with Gasteiger partial charge in [-0.1, -0.05) is 42.1 Å². The van der Waals surface area contributed by atoms with Crippen molar-refractivity contribution in [2.75, 3.05) is 11.1 Å². The van der Waals surface area contributed by atoms with Crippen molar-refractivity contribution in [2.24, 2.45) is 0 Å². The molecule has 2 heterocycles. The Morgan fingerprint density at radius 2 is 2.17 bits per heavy atom. The zero-order valence-corrected chi connectivity index (χ0v) is 14.5. The highest BCUT2D eigenvalue weighted by molar-refractivity contribution is 7.98. The molecule has 0 aliphatic carbocycles. The predicted molar refractivity (Wildman–Crippen MR) is 95.9 cm³/mol. The van der Waals surface area contributed by atoms with E-state index in [1.54, 1.807) is 23.1 Å². The van der Waals surface area contributed by atoms with E-state index in [2.05, 4.69) is 20.5 Å². The van der Waals surface area contributed by atoms with E-state index in [1.807, 2.05) is 30.3 Å². The summed E-state index contributed by atoms with van der Waals surface area (Å²) in [5, 5.41) is 13.7. The molecule has 0 saturated heterocycles. The number of aromatic nitrogens is 4. The van der Waals surface area contributed by atoms with Gasteiger partial charge in [-0.3, -0.25) is 9.36 Å². The molecule has 1 unspecified atom stereocenters. The molecule has 1 amide bonds. The van der Waals surface area contributed by atoms with Crippen LogP contribution in [0.15, 0.2) is 47.1 Å². The Morgan fingerprint density at radius 1 is 1.38 bits per heavy atom. The standard InChI is InChI=1S/C15H16N6OS2/c1-10(12(22)18-14-17-7-8-23-14)21-13(16)19-20-15(21)24-9-11-5-3-2-4-6-11/h2-8,10H,9H2,1H3,(H2,16,19)(H,17,18,22). The fourth-order valence-corrected chi connectivity index (χ4v) is 3.59. The molecule has 2 aromatic heterocycles. The van der Waals surface area contributed by atoms with E-state index in [9.17, 15) is 4.79 Å². The van der Waals surface area contributed by atoms with Gasteiger partial charge in [-0.25, -0.2) is 4.98 Å². The zero-order valence-electron chi connectivity index (χ0n) is 12.9. The van der Waals surface area contributed by atoms with Gasteiger partial charge in [0, 0.05) is 17.3 Å². The molecule has 0 fully saturated rings. The molecule has 0 aliphatic heterocycles. The lowest BCUT2D eigenvalue weighted by atomic mass is 10.2. The zero-order chi connectivity index (χ0) is 16.9. The monoisotopic (exact) mass is 360 g/mol. The number of carbonyl (C=O) groups excluding carboxylic acids is 1. The van der Waals surface area contributed by atoms with Gasteiger partial charge in [-0.15, -0.1) is 21.5 Å². The fourth-order valence-electron chi connectivity index (χ4n) is 2.09. The van der Waals surface area contributed by atoms with Crippen LogP contribution in [0.2, 0.25) is 0 Å². The van der Waals surface area contributed by atoms with Crippen LogP contribution in [-0.4, -0.2) is 25.7 Å². The van der Waals surface area contributed by atoms with Crippen LogP contribution in [0.4, 0.5) is 11.1 Å². The summed E-state index contributed by atoms with van der Waals surface area (Å²) in [5.41, 5.74) is 7.07. The third-order valence-electron chi connectivity index (χ3n) is 3.33. The van der Waals surface area contributed by atoms with E-state index < -0.39 is 6.04 Å². The normalized spacial score (nSPS) is 12.0. The van der Waals surface area contributed by atoms with E-state index in [1.165, 1.54) is 23.1 Å². The molecule has 0 saturated carbocycles. The molecule has 3 aromatic rings. The minimum absolute atomic E-state index is 0.210. The smallest absolute Gasteiger partial charge is 0.249 e. The van der Waals surface area contributed by atoms with Crippen LogP contribution in [0.3, 0.4) is 0 Å².